The Kier molecular flexibility index (Phi) is 18.2. The summed E-state index contributed by atoms with van der Waals surface area (Å²) in [5, 5.41) is 14.1. The highest BCUT2D eigenvalue weighted by molar-refractivity contribution is 5.81. The number of ether oxygens (including phenoxy) is 2. The lowest BCUT2D eigenvalue weighted by molar-refractivity contribution is -0.123. The molecule has 0 aromatic carbocycles. The van der Waals surface area contributed by atoms with Crippen molar-refractivity contribution in [3.63, 3.8) is 0 Å². The van der Waals surface area contributed by atoms with Crippen molar-refractivity contribution in [3.05, 3.63) is 0 Å². The molecular formula is C20H42N6O6. The SMILES string of the molecule is NCCCC[C@@H](COC(=O)O)NC(=O)OC[C@@H](CCCCN)NC(=O)[C@@H](N)CCCCN. The Bertz CT molecular complexity index is 525. The Balaban J connectivity index is 4.69. The van der Waals surface area contributed by atoms with Crippen LogP contribution in [0.2, 0.25) is 0 Å². The molecule has 0 unspecified atom stereocenters. The number of carbonyl (C=O) groups is 3. The minimum Gasteiger partial charge on any atom is -0.450 e. The molecule has 3 atom stereocenters. The molecule has 0 aliphatic rings. The van der Waals surface area contributed by atoms with Crippen molar-refractivity contribution in [1.82, 2.24) is 10.6 Å². The third-order valence-corrected chi connectivity index (χ3v) is 4.81. The van der Waals surface area contributed by atoms with Gasteiger partial charge in [0, 0.05) is 0 Å². The summed E-state index contributed by atoms with van der Waals surface area (Å²) in [7, 11) is 0. The number of carboxylic acid groups (broad SMARTS) is 1. The van der Waals surface area contributed by atoms with E-state index in [2.05, 4.69) is 15.4 Å². The maximum Gasteiger partial charge on any atom is 0.505 e. The van der Waals surface area contributed by atoms with Gasteiger partial charge in [0.15, 0.2) is 0 Å². The van der Waals surface area contributed by atoms with E-state index in [0.29, 0.717) is 45.3 Å². The molecule has 0 aromatic rings. The van der Waals surface area contributed by atoms with Gasteiger partial charge in [-0.05, 0) is 58.2 Å². The highest BCUT2D eigenvalue weighted by Crippen LogP contribution is 2.06. The molecule has 0 bridgehead atoms. The average Bonchev–Trinajstić information content (AvgIpc) is 2.75. The first-order valence-corrected chi connectivity index (χ1v) is 11.3. The second-order valence-corrected chi connectivity index (χ2v) is 7.68. The van der Waals surface area contributed by atoms with Gasteiger partial charge in [-0.1, -0.05) is 19.3 Å². The minimum atomic E-state index is -1.42. The number of nitrogens with two attached hydrogens (primary N) is 4. The number of carbonyl (C=O) groups excluding carboxylic acids is 2. The van der Waals surface area contributed by atoms with Gasteiger partial charge in [-0.15, -0.1) is 0 Å². The van der Waals surface area contributed by atoms with Gasteiger partial charge in [0.25, 0.3) is 0 Å². The van der Waals surface area contributed by atoms with E-state index in [1.165, 1.54) is 0 Å². The lowest BCUT2D eigenvalue weighted by atomic mass is 10.1. The van der Waals surface area contributed by atoms with Crippen LogP contribution in [-0.4, -0.2) is 74.2 Å². The molecule has 0 radical (unpaired) electrons. The van der Waals surface area contributed by atoms with Gasteiger partial charge >= 0.3 is 12.2 Å². The number of unbranched alkanes of at least 4 members (excludes halogenated alkanes) is 3. The molecule has 188 valence electrons. The van der Waals surface area contributed by atoms with Crippen molar-refractivity contribution in [1.29, 1.82) is 0 Å². The molecule has 0 spiro atoms. The minimum absolute atomic E-state index is 0.0486. The summed E-state index contributed by atoms with van der Waals surface area (Å²) in [5.41, 5.74) is 22.4. The number of amides is 2. The average molecular weight is 463 g/mol. The first-order chi connectivity index (χ1) is 15.3. The zero-order valence-corrected chi connectivity index (χ0v) is 18.9. The number of rotatable bonds is 19. The van der Waals surface area contributed by atoms with Crippen LogP contribution in [0.4, 0.5) is 9.59 Å². The van der Waals surface area contributed by atoms with E-state index >= 15 is 0 Å². The fourth-order valence-corrected chi connectivity index (χ4v) is 2.97. The number of alkyl carbamates (subject to hydrolysis) is 1. The molecule has 12 nitrogen and oxygen atoms in total. The Hall–Kier alpha value is -2.15. The van der Waals surface area contributed by atoms with E-state index < -0.39 is 30.4 Å². The largest absolute Gasteiger partial charge is 0.505 e. The Morgan fingerprint density at radius 1 is 0.719 bits per heavy atom. The zero-order chi connectivity index (χ0) is 24.2. The molecule has 11 N–H and O–H groups in total. The molecule has 0 aliphatic heterocycles. The van der Waals surface area contributed by atoms with E-state index in [1.54, 1.807) is 0 Å². The van der Waals surface area contributed by atoms with Crippen LogP contribution in [0.5, 0.6) is 0 Å². The van der Waals surface area contributed by atoms with Crippen molar-refractivity contribution < 1.29 is 29.0 Å². The maximum atomic E-state index is 12.4. The highest BCUT2D eigenvalue weighted by atomic mass is 16.7. The summed E-state index contributed by atoms with van der Waals surface area (Å²) in [4.78, 5) is 35.2. The number of hydrogen-bond donors (Lipinski definition) is 7. The fourth-order valence-electron chi connectivity index (χ4n) is 2.97. The number of hydrogen-bond acceptors (Lipinski definition) is 9. The Labute approximate surface area is 190 Å². The molecule has 2 amide bonds. The van der Waals surface area contributed by atoms with Crippen LogP contribution in [0.3, 0.4) is 0 Å². The lowest BCUT2D eigenvalue weighted by Crippen LogP contribution is -2.48. The first kappa shape index (κ1) is 29.9. The van der Waals surface area contributed by atoms with Gasteiger partial charge < -0.3 is 48.1 Å². The molecule has 32 heavy (non-hydrogen) atoms. The topological polar surface area (TPSA) is 218 Å². The lowest BCUT2D eigenvalue weighted by Gasteiger charge is -2.22. The molecule has 12 heteroatoms. The predicted molar refractivity (Wildman–Crippen MR) is 121 cm³/mol. The smallest absolute Gasteiger partial charge is 0.450 e. The van der Waals surface area contributed by atoms with Crippen LogP contribution in [0.15, 0.2) is 0 Å². The van der Waals surface area contributed by atoms with Gasteiger partial charge in [0.05, 0.1) is 18.1 Å². The van der Waals surface area contributed by atoms with E-state index in [0.717, 1.165) is 32.1 Å². The van der Waals surface area contributed by atoms with E-state index in [-0.39, 0.29) is 19.1 Å². The molecule has 0 saturated carbocycles. The zero-order valence-electron chi connectivity index (χ0n) is 18.9. The van der Waals surface area contributed by atoms with E-state index in [9.17, 15) is 14.4 Å². The Morgan fingerprint density at radius 3 is 1.69 bits per heavy atom. The summed E-state index contributed by atoms with van der Waals surface area (Å²) in [5.74, 6) is -0.307. The quantitative estimate of drug-likeness (QED) is 0.100. The molecule has 0 fully saturated rings. The van der Waals surface area contributed by atoms with E-state index in [1.807, 2.05) is 0 Å². The highest BCUT2D eigenvalue weighted by Gasteiger charge is 2.20. The maximum absolute atomic E-state index is 12.4. The van der Waals surface area contributed by atoms with Gasteiger partial charge in [0.2, 0.25) is 5.91 Å². The van der Waals surface area contributed by atoms with Crippen LogP contribution >= 0.6 is 0 Å². The van der Waals surface area contributed by atoms with Gasteiger partial charge in [-0.3, -0.25) is 4.79 Å². The standard InChI is InChI=1S/C20H42N6O6/c21-10-4-1-7-15(25-18(27)17(24)9-3-6-12-23)13-31-19(28)26-16(8-2-5-11-22)14-32-20(29)30/h15-17H,1-14,21-24H2,(H,25,27)(H,26,28)(H,29,30)/t15-,16+,17+/m1/s1. The van der Waals surface area contributed by atoms with Crippen LogP contribution in [0, 0.1) is 0 Å². The van der Waals surface area contributed by atoms with Crippen LogP contribution in [0.25, 0.3) is 0 Å². The van der Waals surface area contributed by atoms with Crippen molar-refractivity contribution in [2.45, 2.75) is 75.9 Å². The van der Waals surface area contributed by atoms with Crippen molar-refractivity contribution in [2.75, 3.05) is 32.8 Å². The Morgan fingerprint density at radius 2 is 1.19 bits per heavy atom. The molecule has 0 aliphatic carbocycles. The summed E-state index contributed by atoms with van der Waals surface area (Å²) >= 11 is 0. The monoisotopic (exact) mass is 462 g/mol. The summed E-state index contributed by atoms with van der Waals surface area (Å²) in [6, 6.07) is -1.61. The molecule has 0 saturated heterocycles. The molecular weight excluding hydrogens is 420 g/mol. The van der Waals surface area contributed by atoms with Crippen LogP contribution in [-0.2, 0) is 14.3 Å². The normalized spacial score (nSPS) is 13.6. The fraction of sp³-hybridized carbons (Fsp3) is 0.850. The summed E-state index contributed by atoms with van der Waals surface area (Å²) in [6.07, 6.45) is 3.96. The first-order valence-electron chi connectivity index (χ1n) is 11.3. The van der Waals surface area contributed by atoms with Crippen LogP contribution < -0.4 is 33.6 Å². The third-order valence-electron chi connectivity index (χ3n) is 4.81. The number of nitrogens with one attached hydrogen (secondary N) is 2. The van der Waals surface area contributed by atoms with Crippen LogP contribution in [0.1, 0.15) is 57.8 Å². The molecule has 0 heterocycles. The van der Waals surface area contributed by atoms with Gasteiger partial charge in [0.1, 0.15) is 13.2 Å². The molecule has 0 aromatic heterocycles. The van der Waals surface area contributed by atoms with Crippen molar-refractivity contribution >= 4 is 18.2 Å². The second-order valence-electron chi connectivity index (χ2n) is 7.68. The molecule has 0 rings (SSSR count). The predicted octanol–water partition coefficient (Wildman–Crippen LogP) is -0.0251. The van der Waals surface area contributed by atoms with Gasteiger partial charge in [-0.2, -0.15) is 0 Å². The third kappa shape index (κ3) is 16.5. The van der Waals surface area contributed by atoms with Crippen molar-refractivity contribution in [3.8, 4) is 0 Å². The second kappa shape index (κ2) is 19.5. The van der Waals surface area contributed by atoms with Crippen molar-refractivity contribution in [2.24, 2.45) is 22.9 Å². The summed E-state index contributed by atoms with van der Waals surface area (Å²) < 4.78 is 9.85. The summed E-state index contributed by atoms with van der Waals surface area (Å²) in [6.45, 7) is 1.32. The van der Waals surface area contributed by atoms with E-state index in [4.69, 9.17) is 32.8 Å². The van der Waals surface area contributed by atoms with Gasteiger partial charge in [-0.25, -0.2) is 9.59 Å².